The molecule has 0 unspecified atom stereocenters. The number of rotatable bonds is 6. The zero-order valence-corrected chi connectivity index (χ0v) is 15.0. The molecule has 0 bridgehead atoms. The van der Waals surface area contributed by atoms with Crippen molar-refractivity contribution < 1.29 is 14.3 Å². The fourth-order valence-corrected chi connectivity index (χ4v) is 3.23. The summed E-state index contributed by atoms with van der Waals surface area (Å²) in [6.45, 7) is 4.02. The highest BCUT2D eigenvalue weighted by Crippen LogP contribution is 2.20. The third kappa shape index (κ3) is 3.94. The number of carbonyl (C=O) groups is 2. The number of esters is 1. The topological polar surface area (TPSA) is 56.3 Å². The fraction of sp³-hybridized carbons (Fsp3) is 0.250. The Hall–Kier alpha value is -2.53. The highest BCUT2D eigenvalue weighted by molar-refractivity contribution is 7.16. The second-order valence-corrected chi connectivity index (χ2v) is 6.85. The Labute approximate surface area is 150 Å². The lowest BCUT2D eigenvalue weighted by Gasteiger charge is -2.09. The van der Waals surface area contributed by atoms with E-state index in [0.29, 0.717) is 17.0 Å². The maximum Gasteiger partial charge on any atom is 0.338 e. The second kappa shape index (κ2) is 7.57. The van der Waals surface area contributed by atoms with Gasteiger partial charge in [-0.3, -0.25) is 4.79 Å². The number of thiazole rings is 1. The summed E-state index contributed by atoms with van der Waals surface area (Å²) < 4.78 is 6.08. The molecule has 5 heteroatoms. The van der Waals surface area contributed by atoms with Crippen LogP contribution < -0.4 is 0 Å². The number of ether oxygens (including phenoxy) is 1. The van der Waals surface area contributed by atoms with E-state index in [1.54, 1.807) is 35.8 Å². The lowest BCUT2D eigenvalue weighted by atomic mass is 9.97. The fourth-order valence-electron chi connectivity index (χ4n) is 2.51. The summed E-state index contributed by atoms with van der Waals surface area (Å²) in [6, 6.07) is 12.7. The standard InChI is InChI=1S/C20H19NO3S/c1-3-13(2)14-4-6-15(7-5-14)18(22)11-24-20(23)16-8-9-17-19(10-16)25-12-21-17/h4-10,12-13H,3,11H2,1-2H3/t13-/m1/s1. The highest BCUT2D eigenvalue weighted by atomic mass is 32.1. The Kier molecular flexibility index (Phi) is 5.24. The van der Waals surface area contributed by atoms with Gasteiger partial charge in [-0.15, -0.1) is 11.3 Å². The smallest absolute Gasteiger partial charge is 0.338 e. The summed E-state index contributed by atoms with van der Waals surface area (Å²) in [4.78, 5) is 28.5. The van der Waals surface area contributed by atoms with E-state index < -0.39 is 5.97 Å². The molecule has 0 radical (unpaired) electrons. The summed E-state index contributed by atoms with van der Waals surface area (Å²) in [5, 5.41) is 0. The monoisotopic (exact) mass is 353 g/mol. The predicted molar refractivity (Wildman–Crippen MR) is 99.4 cm³/mol. The third-order valence-electron chi connectivity index (χ3n) is 4.32. The molecule has 0 saturated carbocycles. The van der Waals surface area contributed by atoms with E-state index in [0.717, 1.165) is 16.6 Å². The van der Waals surface area contributed by atoms with Crippen LogP contribution in [0.3, 0.4) is 0 Å². The van der Waals surface area contributed by atoms with E-state index in [1.807, 2.05) is 12.1 Å². The van der Waals surface area contributed by atoms with Crippen LogP contribution in [0.2, 0.25) is 0 Å². The summed E-state index contributed by atoms with van der Waals surface area (Å²) in [6.07, 6.45) is 1.05. The molecule has 0 aliphatic carbocycles. The minimum Gasteiger partial charge on any atom is -0.454 e. The molecule has 0 aliphatic rings. The molecule has 0 fully saturated rings. The van der Waals surface area contributed by atoms with Crippen LogP contribution in [-0.4, -0.2) is 23.3 Å². The maximum absolute atomic E-state index is 12.2. The van der Waals surface area contributed by atoms with Crippen molar-refractivity contribution in [2.75, 3.05) is 6.61 Å². The quantitative estimate of drug-likeness (QED) is 0.469. The number of carbonyl (C=O) groups excluding carboxylic acids is 2. The molecular weight excluding hydrogens is 334 g/mol. The van der Waals surface area contributed by atoms with Crippen LogP contribution in [0.4, 0.5) is 0 Å². The van der Waals surface area contributed by atoms with Gasteiger partial charge in [0.15, 0.2) is 12.4 Å². The van der Waals surface area contributed by atoms with Gasteiger partial charge < -0.3 is 4.74 Å². The van der Waals surface area contributed by atoms with E-state index in [9.17, 15) is 9.59 Å². The molecule has 0 spiro atoms. The van der Waals surface area contributed by atoms with Crippen molar-refractivity contribution >= 4 is 33.3 Å². The molecule has 1 aromatic heterocycles. The molecule has 0 N–H and O–H groups in total. The number of benzene rings is 2. The van der Waals surface area contributed by atoms with Crippen molar-refractivity contribution in [2.45, 2.75) is 26.2 Å². The number of hydrogen-bond acceptors (Lipinski definition) is 5. The molecule has 2 aromatic carbocycles. The van der Waals surface area contributed by atoms with E-state index in [2.05, 4.69) is 18.8 Å². The van der Waals surface area contributed by atoms with E-state index in [-0.39, 0.29) is 12.4 Å². The van der Waals surface area contributed by atoms with Gasteiger partial charge in [0.1, 0.15) is 0 Å². The van der Waals surface area contributed by atoms with Crippen LogP contribution in [0.5, 0.6) is 0 Å². The van der Waals surface area contributed by atoms with Crippen molar-refractivity contribution in [1.29, 1.82) is 0 Å². The van der Waals surface area contributed by atoms with Crippen molar-refractivity contribution in [3.8, 4) is 0 Å². The molecule has 1 heterocycles. The van der Waals surface area contributed by atoms with Gasteiger partial charge in [-0.25, -0.2) is 9.78 Å². The van der Waals surface area contributed by atoms with Crippen LogP contribution in [0.1, 0.15) is 52.5 Å². The van der Waals surface area contributed by atoms with Crippen molar-refractivity contribution in [3.63, 3.8) is 0 Å². The summed E-state index contributed by atoms with van der Waals surface area (Å²) in [5.74, 6) is -0.244. The van der Waals surface area contributed by atoms with Crippen LogP contribution in [0.15, 0.2) is 48.0 Å². The number of aromatic nitrogens is 1. The van der Waals surface area contributed by atoms with Crippen LogP contribution in [0, 0.1) is 0 Å². The molecule has 4 nitrogen and oxygen atoms in total. The molecule has 3 aromatic rings. The minimum atomic E-state index is -0.500. The zero-order valence-electron chi connectivity index (χ0n) is 14.2. The van der Waals surface area contributed by atoms with E-state index >= 15 is 0 Å². The molecule has 1 atom stereocenters. The number of nitrogens with zero attached hydrogens (tertiary/aromatic N) is 1. The Morgan fingerprint density at radius 2 is 1.84 bits per heavy atom. The molecule has 0 aliphatic heterocycles. The zero-order chi connectivity index (χ0) is 17.8. The number of hydrogen-bond donors (Lipinski definition) is 0. The average Bonchev–Trinajstić information content (AvgIpc) is 3.13. The van der Waals surface area contributed by atoms with E-state index in [4.69, 9.17) is 4.74 Å². The molecule has 25 heavy (non-hydrogen) atoms. The summed E-state index contributed by atoms with van der Waals surface area (Å²) in [5.41, 5.74) is 4.76. The average molecular weight is 353 g/mol. The Morgan fingerprint density at radius 3 is 2.56 bits per heavy atom. The molecular formula is C20H19NO3S. The van der Waals surface area contributed by atoms with Crippen LogP contribution in [0.25, 0.3) is 10.2 Å². The largest absolute Gasteiger partial charge is 0.454 e. The Morgan fingerprint density at radius 1 is 1.12 bits per heavy atom. The second-order valence-electron chi connectivity index (χ2n) is 5.97. The van der Waals surface area contributed by atoms with Gasteiger partial charge in [0.05, 0.1) is 21.3 Å². The molecule has 128 valence electrons. The minimum absolute atomic E-state index is 0.206. The van der Waals surface area contributed by atoms with Crippen LogP contribution >= 0.6 is 11.3 Å². The number of fused-ring (bicyclic) bond motifs is 1. The van der Waals surface area contributed by atoms with Crippen LogP contribution in [-0.2, 0) is 4.74 Å². The van der Waals surface area contributed by atoms with Gasteiger partial charge in [-0.1, -0.05) is 38.1 Å². The lowest BCUT2D eigenvalue weighted by molar-refractivity contribution is 0.0475. The molecule has 3 rings (SSSR count). The molecule has 0 saturated heterocycles. The lowest BCUT2D eigenvalue weighted by Crippen LogP contribution is -2.14. The van der Waals surface area contributed by atoms with Gasteiger partial charge in [0.2, 0.25) is 0 Å². The van der Waals surface area contributed by atoms with Gasteiger partial charge in [-0.05, 0) is 36.1 Å². The van der Waals surface area contributed by atoms with Crippen molar-refractivity contribution in [3.05, 3.63) is 64.7 Å². The third-order valence-corrected chi connectivity index (χ3v) is 5.11. The first kappa shape index (κ1) is 17.3. The molecule has 0 amide bonds. The van der Waals surface area contributed by atoms with Crippen molar-refractivity contribution in [1.82, 2.24) is 4.98 Å². The first-order chi connectivity index (χ1) is 12.1. The van der Waals surface area contributed by atoms with Gasteiger partial charge in [-0.2, -0.15) is 0 Å². The van der Waals surface area contributed by atoms with Crippen molar-refractivity contribution in [2.24, 2.45) is 0 Å². The predicted octanol–water partition coefficient (Wildman–Crippen LogP) is 4.85. The Bertz CT molecular complexity index is 899. The van der Waals surface area contributed by atoms with E-state index in [1.165, 1.54) is 16.9 Å². The van der Waals surface area contributed by atoms with Gasteiger partial charge >= 0.3 is 5.97 Å². The van der Waals surface area contributed by atoms with Gasteiger partial charge in [0.25, 0.3) is 0 Å². The number of Topliss-reactive ketones (excluding diaryl/α,β-unsaturated/α-hetero) is 1. The SMILES string of the molecule is CC[C@@H](C)c1ccc(C(=O)COC(=O)c2ccc3ncsc3c2)cc1. The maximum atomic E-state index is 12.2. The highest BCUT2D eigenvalue weighted by Gasteiger charge is 2.13. The van der Waals surface area contributed by atoms with Gasteiger partial charge in [0, 0.05) is 5.56 Å². The summed E-state index contributed by atoms with van der Waals surface area (Å²) in [7, 11) is 0. The first-order valence-electron chi connectivity index (χ1n) is 8.22. The normalized spacial score (nSPS) is 12.1. The summed E-state index contributed by atoms with van der Waals surface area (Å²) >= 11 is 1.46. The Balaban J connectivity index is 1.62. The number of ketones is 1. The first-order valence-corrected chi connectivity index (χ1v) is 9.10.